The van der Waals surface area contributed by atoms with Crippen LogP contribution in [0.2, 0.25) is 0 Å². The molecule has 0 saturated carbocycles. The molecule has 2 aromatic carbocycles. The fourth-order valence-corrected chi connectivity index (χ4v) is 4.51. The first-order valence-electron chi connectivity index (χ1n) is 12.3. The van der Waals surface area contributed by atoms with Crippen molar-refractivity contribution < 1.29 is 28.5 Å². The molecule has 0 heterocycles. The number of aromatic hydroxyl groups is 1. The summed E-state index contributed by atoms with van der Waals surface area (Å²) >= 11 is 0. The second kappa shape index (κ2) is 15.9. The van der Waals surface area contributed by atoms with E-state index in [0.29, 0.717) is 29.8 Å². The first-order chi connectivity index (χ1) is 16.8. The Morgan fingerprint density at radius 1 is 0.943 bits per heavy atom. The highest BCUT2D eigenvalue weighted by Crippen LogP contribution is 2.22. The van der Waals surface area contributed by atoms with Crippen molar-refractivity contribution >= 4 is 10.0 Å². The van der Waals surface area contributed by atoms with Gasteiger partial charge in [0.05, 0.1) is 18.5 Å². The number of ether oxygens (including phenoxy) is 1. The molecule has 0 saturated heterocycles. The number of rotatable bonds is 18. The summed E-state index contributed by atoms with van der Waals surface area (Å²) in [4.78, 5) is 0. The zero-order chi connectivity index (χ0) is 25.5. The molecule has 0 amide bonds. The third-order valence-electron chi connectivity index (χ3n) is 5.75. The van der Waals surface area contributed by atoms with Crippen molar-refractivity contribution in [3.05, 3.63) is 64.7 Å². The smallest absolute Gasteiger partial charge is 0.213 e. The lowest BCUT2D eigenvalue weighted by Crippen LogP contribution is -2.22. The first kappa shape index (κ1) is 29.2. The van der Waals surface area contributed by atoms with Crippen molar-refractivity contribution in [2.45, 2.75) is 63.4 Å². The summed E-state index contributed by atoms with van der Waals surface area (Å²) in [7, 11) is -3.51. The molecule has 2 rings (SSSR count). The van der Waals surface area contributed by atoms with Crippen LogP contribution in [0.3, 0.4) is 0 Å². The predicted octanol–water partition coefficient (Wildman–Crippen LogP) is 2.90. The number of phenols is 1. The van der Waals surface area contributed by atoms with Gasteiger partial charge in [-0.05, 0) is 61.1 Å². The van der Waals surface area contributed by atoms with Gasteiger partial charge in [0, 0.05) is 25.3 Å². The molecule has 0 spiro atoms. The summed E-state index contributed by atoms with van der Waals surface area (Å²) in [6.45, 7) is 2.44. The molecule has 9 heteroatoms. The molecule has 0 bridgehead atoms. The maximum absolute atomic E-state index is 11.2. The van der Waals surface area contributed by atoms with Crippen molar-refractivity contribution in [2.24, 2.45) is 5.14 Å². The lowest BCUT2D eigenvalue weighted by molar-refractivity contribution is 0.127. The van der Waals surface area contributed by atoms with Crippen LogP contribution in [0.1, 0.15) is 66.9 Å². The minimum atomic E-state index is -3.51. The van der Waals surface area contributed by atoms with E-state index in [9.17, 15) is 23.7 Å². The number of hydrogen-bond acceptors (Lipinski definition) is 7. The van der Waals surface area contributed by atoms with Crippen LogP contribution in [0.5, 0.6) is 5.75 Å². The van der Waals surface area contributed by atoms with E-state index in [-0.39, 0.29) is 18.1 Å². The summed E-state index contributed by atoms with van der Waals surface area (Å²) in [6.07, 6.45) is 6.50. The summed E-state index contributed by atoms with van der Waals surface area (Å²) in [5, 5.41) is 37.4. The van der Waals surface area contributed by atoms with E-state index in [1.54, 1.807) is 18.2 Å². The number of hydrogen-bond donors (Lipinski definition) is 5. The maximum Gasteiger partial charge on any atom is 0.213 e. The molecule has 0 fully saturated rings. The van der Waals surface area contributed by atoms with Crippen molar-refractivity contribution in [1.29, 1.82) is 0 Å². The molecular formula is C26H40N2O6S. The fraction of sp³-hybridized carbons (Fsp3) is 0.538. The third-order valence-corrected chi connectivity index (χ3v) is 6.49. The highest BCUT2D eigenvalue weighted by atomic mass is 32.2. The molecule has 0 aliphatic heterocycles. The molecular weight excluding hydrogens is 468 g/mol. The van der Waals surface area contributed by atoms with E-state index in [1.165, 1.54) is 6.07 Å². The molecule has 0 radical (unpaired) electrons. The van der Waals surface area contributed by atoms with Gasteiger partial charge in [0.1, 0.15) is 5.75 Å². The van der Waals surface area contributed by atoms with Crippen LogP contribution in [0.15, 0.2) is 42.5 Å². The Labute approximate surface area is 209 Å². The minimum absolute atomic E-state index is 0.0346. The Hall–Kier alpha value is -2.01. The number of aryl methyl sites for hydroxylation is 1. The Morgan fingerprint density at radius 2 is 1.66 bits per heavy atom. The van der Waals surface area contributed by atoms with Crippen LogP contribution in [0.25, 0.3) is 0 Å². The number of primary sulfonamides is 1. The Kier molecular flexibility index (Phi) is 13.3. The highest BCUT2D eigenvalue weighted by molar-refractivity contribution is 7.88. The largest absolute Gasteiger partial charge is 0.508 e. The Morgan fingerprint density at radius 3 is 2.43 bits per heavy atom. The van der Waals surface area contributed by atoms with Gasteiger partial charge >= 0.3 is 0 Å². The summed E-state index contributed by atoms with van der Waals surface area (Å²) < 4.78 is 28.2. The first-order valence-corrected chi connectivity index (χ1v) is 14.0. The highest BCUT2D eigenvalue weighted by Gasteiger charge is 2.10. The normalized spacial score (nSPS) is 12.7. The molecule has 35 heavy (non-hydrogen) atoms. The SMILES string of the molecule is NS(=O)(=O)Cc1cccc(CCCOCCCCCCCNCC(O)c2ccc(O)c(CO)c2)c1. The molecule has 0 aliphatic rings. The van der Waals surface area contributed by atoms with E-state index < -0.39 is 16.1 Å². The van der Waals surface area contributed by atoms with Crippen LogP contribution >= 0.6 is 0 Å². The van der Waals surface area contributed by atoms with E-state index in [4.69, 9.17) is 9.88 Å². The topological polar surface area (TPSA) is 142 Å². The van der Waals surface area contributed by atoms with E-state index in [1.807, 2.05) is 18.2 Å². The van der Waals surface area contributed by atoms with Crippen LogP contribution < -0.4 is 10.5 Å². The van der Waals surface area contributed by atoms with Gasteiger partial charge in [-0.1, -0.05) is 49.6 Å². The van der Waals surface area contributed by atoms with Gasteiger partial charge in [-0.25, -0.2) is 13.6 Å². The van der Waals surface area contributed by atoms with Crippen molar-refractivity contribution in [2.75, 3.05) is 26.3 Å². The van der Waals surface area contributed by atoms with Gasteiger partial charge in [-0.3, -0.25) is 0 Å². The maximum atomic E-state index is 11.2. The summed E-state index contributed by atoms with van der Waals surface area (Å²) in [5.41, 5.74) is 2.90. The van der Waals surface area contributed by atoms with Crippen LogP contribution in [-0.4, -0.2) is 50.0 Å². The minimum Gasteiger partial charge on any atom is -0.508 e. The van der Waals surface area contributed by atoms with Gasteiger partial charge in [0.25, 0.3) is 0 Å². The number of benzene rings is 2. The number of sulfonamides is 1. The zero-order valence-corrected chi connectivity index (χ0v) is 21.2. The average Bonchev–Trinajstić information content (AvgIpc) is 2.81. The van der Waals surface area contributed by atoms with Crippen LogP contribution in [0, 0.1) is 0 Å². The number of unbranched alkanes of at least 4 members (excludes halogenated alkanes) is 4. The molecule has 0 aromatic heterocycles. The van der Waals surface area contributed by atoms with Crippen molar-refractivity contribution in [3.8, 4) is 5.75 Å². The quantitative estimate of drug-likeness (QED) is 0.195. The molecule has 1 atom stereocenters. The van der Waals surface area contributed by atoms with E-state index >= 15 is 0 Å². The Bertz CT molecular complexity index is 984. The second-order valence-electron chi connectivity index (χ2n) is 8.88. The zero-order valence-electron chi connectivity index (χ0n) is 20.4. The lowest BCUT2D eigenvalue weighted by atomic mass is 10.1. The number of aliphatic hydroxyl groups is 2. The average molecular weight is 509 g/mol. The number of nitrogens with one attached hydrogen (secondary N) is 1. The van der Waals surface area contributed by atoms with Crippen LogP contribution in [-0.2, 0) is 33.5 Å². The number of aliphatic hydroxyl groups excluding tert-OH is 2. The number of nitrogens with two attached hydrogens (primary N) is 1. The second-order valence-corrected chi connectivity index (χ2v) is 10.5. The van der Waals surface area contributed by atoms with Gasteiger partial charge in [-0.2, -0.15) is 0 Å². The molecule has 2 aromatic rings. The van der Waals surface area contributed by atoms with E-state index in [2.05, 4.69) is 5.32 Å². The van der Waals surface area contributed by atoms with Crippen molar-refractivity contribution in [3.63, 3.8) is 0 Å². The van der Waals surface area contributed by atoms with E-state index in [0.717, 1.165) is 63.7 Å². The Balaban J connectivity index is 1.43. The van der Waals surface area contributed by atoms with Gasteiger partial charge in [0.2, 0.25) is 10.0 Å². The molecule has 6 N–H and O–H groups in total. The van der Waals surface area contributed by atoms with Crippen LogP contribution in [0.4, 0.5) is 0 Å². The summed E-state index contributed by atoms with van der Waals surface area (Å²) in [5.74, 6) is -0.103. The fourth-order valence-electron chi connectivity index (χ4n) is 3.87. The molecule has 1 unspecified atom stereocenters. The predicted molar refractivity (Wildman–Crippen MR) is 137 cm³/mol. The van der Waals surface area contributed by atoms with Gasteiger partial charge in [-0.15, -0.1) is 0 Å². The standard InChI is InChI=1S/C26H40N2O6S/c27-35(32,33)20-22-9-6-8-21(16-22)10-7-15-34-14-5-3-1-2-4-13-28-18-26(31)23-11-12-25(30)24(17-23)19-29/h6,8-9,11-12,16-17,26,28-31H,1-5,7,10,13-15,18-20H2,(H2,27,32,33). The van der Waals surface area contributed by atoms with Gasteiger partial charge in [0.15, 0.2) is 0 Å². The molecule has 196 valence electrons. The monoisotopic (exact) mass is 508 g/mol. The summed E-state index contributed by atoms with van der Waals surface area (Å²) in [6, 6.07) is 12.3. The third kappa shape index (κ3) is 12.5. The van der Waals surface area contributed by atoms with Gasteiger partial charge < -0.3 is 25.4 Å². The molecule has 0 aliphatic carbocycles. The lowest BCUT2D eigenvalue weighted by Gasteiger charge is -2.14. The van der Waals surface area contributed by atoms with Crippen molar-refractivity contribution in [1.82, 2.24) is 5.32 Å². The molecule has 8 nitrogen and oxygen atoms in total.